The van der Waals surface area contributed by atoms with Gasteiger partial charge in [0.2, 0.25) is 11.9 Å². The number of aromatic nitrogens is 5. The Kier molecular flexibility index (Phi) is 13.3. The molecule has 5 rings (SSSR count). The molecule has 2 aliphatic carbocycles. The molecular formula is C38H58FN7O5SSi. The second kappa shape index (κ2) is 17.4. The fourth-order valence-corrected chi connectivity index (χ4v) is 9.71. The van der Waals surface area contributed by atoms with Crippen LogP contribution in [0.2, 0.25) is 25.7 Å². The van der Waals surface area contributed by atoms with Crippen LogP contribution in [-0.2, 0) is 32.6 Å². The van der Waals surface area contributed by atoms with E-state index in [9.17, 15) is 18.0 Å². The molecule has 12 nitrogen and oxygen atoms in total. The van der Waals surface area contributed by atoms with Crippen molar-refractivity contribution in [1.82, 2.24) is 24.5 Å². The van der Waals surface area contributed by atoms with Crippen LogP contribution in [0, 0.1) is 37.5 Å². The molecule has 0 aliphatic heterocycles. The molecule has 53 heavy (non-hydrogen) atoms. The van der Waals surface area contributed by atoms with Gasteiger partial charge in [-0.25, -0.2) is 18.1 Å². The standard InChI is InChI=1S/C38H58FN7O5SSi/c1-25-32(26(2)46(44-25)24-51-20-22-53(4,5)6)29-17-18-31(42-36(29)39)43-38(48)34(30-23-41-45(35(30)37(40)47)19-21-52(3,49)50)33(27-13-9-7-10-14-27)28-15-11-8-12-16-28/h17-18,23,27-28,33-34H,7-16,19-22,24H2,1-6H3,(H2,40,47)(H,42,43,48)/t34-/m1/s1. The van der Waals surface area contributed by atoms with Crippen LogP contribution in [-0.4, -0.2) is 71.5 Å². The molecule has 2 amide bonds. The Morgan fingerprint density at radius 3 is 2.19 bits per heavy atom. The fraction of sp³-hybridized carbons (Fsp3) is 0.658. The molecule has 3 heterocycles. The number of nitrogens with zero attached hydrogens (tertiary/aromatic N) is 5. The summed E-state index contributed by atoms with van der Waals surface area (Å²) in [4.78, 5) is 32.0. The van der Waals surface area contributed by atoms with E-state index in [2.05, 4.69) is 40.1 Å². The Labute approximate surface area is 314 Å². The number of hydrogen-bond acceptors (Lipinski definition) is 8. The summed E-state index contributed by atoms with van der Waals surface area (Å²) in [6, 6.07) is 4.23. The summed E-state index contributed by atoms with van der Waals surface area (Å²) in [7, 11) is -4.62. The summed E-state index contributed by atoms with van der Waals surface area (Å²) in [6.07, 6.45) is 13.0. The molecule has 0 unspecified atom stereocenters. The largest absolute Gasteiger partial charge is 0.364 e. The highest BCUT2D eigenvalue weighted by molar-refractivity contribution is 7.90. The first-order valence-electron chi connectivity index (χ1n) is 19.2. The van der Waals surface area contributed by atoms with Crippen LogP contribution >= 0.6 is 0 Å². The predicted octanol–water partition coefficient (Wildman–Crippen LogP) is 6.85. The Balaban J connectivity index is 1.48. The lowest BCUT2D eigenvalue weighted by molar-refractivity contribution is -0.120. The van der Waals surface area contributed by atoms with Crippen LogP contribution in [0.3, 0.4) is 0 Å². The van der Waals surface area contributed by atoms with Gasteiger partial charge in [0.15, 0.2) is 0 Å². The summed E-state index contributed by atoms with van der Waals surface area (Å²) in [5.41, 5.74) is 8.67. The number of amides is 2. The zero-order chi connectivity index (χ0) is 38.5. The molecule has 1 atom stereocenters. The number of pyridine rings is 1. The van der Waals surface area contributed by atoms with E-state index < -0.39 is 41.6 Å². The van der Waals surface area contributed by atoms with E-state index in [1.807, 2.05) is 13.8 Å². The average molecular weight is 772 g/mol. The predicted molar refractivity (Wildman–Crippen MR) is 207 cm³/mol. The number of anilines is 1. The normalized spacial score (nSPS) is 17.0. The Morgan fingerprint density at radius 1 is 1.02 bits per heavy atom. The lowest BCUT2D eigenvalue weighted by Gasteiger charge is -2.41. The van der Waals surface area contributed by atoms with Crippen LogP contribution < -0.4 is 11.1 Å². The van der Waals surface area contributed by atoms with Gasteiger partial charge in [-0.15, -0.1) is 0 Å². The van der Waals surface area contributed by atoms with Gasteiger partial charge < -0.3 is 15.8 Å². The van der Waals surface area contributed by atoms with Crippen LogP contribution in [0.25, 0.3) is 11.1 Å². The van der Waals surface area contributed by atoms with Gasteiger partial charge in [0.05, 0.1) is 30.1 Å². The molecule has 2 aliphatic rings. The first kappa shape index (κ1) is 40.7. The van der Waals surface area contributed by atoms with Crippen LogP contribution in [0.4, 0.5) is 10.2 Å². The molecule has 3 aromatic rings. The highest BCUT2D eigenvalue weighted by Gasteiger charge is 2.43. The maximum Gasteiger partial charge on any atom is 0.267 e. The molecule has 0 radical (unpaired) electrons. The lowest BCUT2D eigenvalue weighted by Crippen LogP contribution is -2.39. The average Bonchev–Trinajstić information content (AvgIpc) is 3.64. The number of ether oxygens (including phenoxy) is 1. The van der Waals surface area contributed by atoms with E-state index >= 15 is 4.39 Å². The first-order chi connectivity index (χ1) is 25.0. The van der Waals surface area contributed by atoms with Crippen molar-refractivity contribution >= 4 is 35.5 Å². The number of hydrogen-bond donors (Lipinski definition) is 2. The third-order valence-corrected chi connectivity index (χ3v) is 13.8. The minimum atomic E-state index is -3.37. The number of sulfone groups is 1. The molecule has 0 aromatic carbocycles. The van der Waals surface area contributed by atoms with E-state index in [4.69, 9.17) is 10.5 Å². The number of aryl methyl sites for hydroxylation is 2. The molecule has 3 aromatic heterocycles. The second-order valence-electron chi connectivity index (χ2n) is 16.4. The number of primary amides is 1. The van der Waals surface area contributed by atoms with Gasteiger partial charge in [0, 0.05) is 43.3 Å². The molecule has 2 saturated carbocycles. The van der Waals surface area contributed by atoms with E-state index in [0.717, 1.165) is 82.2 Å². The number of carbonyl (C=O) groups excluding carboxylic acids is 2. The molecule has 0 spiro atoms. The number of rotatable bonds is 16. The van der Waals surface area contributed by atoms with E-state index in [0.29, 0.717) is 23.4 Å². The molecule has 0 saturated heterocycles. The third kappa shape index (κ3) is 10.4. The number of nitrogens with one attached hydrogen (secondary N) is 1. The van der Waals surface area contributed by atoms with Crippen molar-refractivity contribution in [2.75, 3.05) is 23.9 Å². The summed E-state index contributed by atoms with van der Waals surface area (Å²) in [5.74, 6) is -2.60. The van der Waals surface area contributed by atoms with Gasteiger partial charge in [-0.2, -0.15) is 14.6 Å². The molecule has 15 heteroatoms. The van der Waals surface area contributed by atoms with Crippen molar-refractivity contribution < 1.29 is 27.1 Å². The Hall–Kier alpha value is -3.43. The van der Waals surface area contributed by atoms with Crippen LogP contribution in [0.15, 0.2) is 18.3 Å². The third-order valence-electron chi connectivity index (χ3n) is 11.1. The fourth-order valence-electron chi connectivity index (χ4n) is 8.45. The zero-order valence-corrected chi connectivity index (χ0v) is 34.1. The maximum atomic E-state index is 16.0. The first-order valence-corrected chi connectivity index (χ1v) is 24.9. The van der Waals surface area contributed by atoms with E-state index in [1.54, 1.807) is 16.8 Å². The summed E-state index contributed by atoms with van der Waals surface area (Å²) < 4.78 is 49.0. The highest BCUT2D eigenvalue weighted by Crippen LogP contribution is 2.48. The molecule has 292 valence electrons. The number of nitrogens with two attached hydrogens (primary N) is 1. The van der Waals surface area contributed by atoms with Crippen LogP contribution in [0.1, 0.15) is 97.6 Å². The van der Waals surface area contributed by atoms with Crippen molar-refractivity contribution in [2.24, 2.45) is 23.5 Å². The molecular weight excluding hydrogens is 714 g/mol. The second-order valence-corrected chi connectivity index (χ2v) is 24.3. The van der Waals surface area contributed by atoms with Crippen molar-refractivity contribution in [3.05, 3.63) is 46.9 Å². The zero-order valence-electron chi connectivity index (χ0n) is 32.3. The minimum Gasteiger partial charge on any atom is -0.364 e. The molecule has 2 fully saturated rings. The van der Waals surface area contributed by atoms with Gasteiger partial charge >= 0.3 is 0 Å². The molecule has 3 N–H and O–H groups in total. The van der Waals surface area contributed by atoms with Crippen molar-refractivity contribution in [1.29, 1.82) is 0 Å². The van der Waals surface area contributed by atoms with Crippen molar-refractivity contribution in [2.45, 2.75) is 123 Å². The minimum absolute atomic E-state index is 0.0346. The lowest BCUT2D eigenvalue weighted by atomic mass is 9.63. The number of carbonyl (C=O) groups is 2. The van der Waals surface area contributed by atoms with Gasteiger partial charge in [-0.1, -0.05) is 83.8 Å². The SMILES string of the molecule is Cc1nn(COCC[Si](C)(C)C)c(C)c1-c1ccc(NC(=O)[C@H](c2cnn(CCS(C)(=O)=O)c2C(N)=O)C(C2CCCCC2)C2CCCCC2)nc1F. The topological polar surface area (TPSA) is 164 Å². The van der Waals surface area contributed by atoms with E-state index in [1.165, 1.54) is 10.9 Å². The number of halogens is 1. The maximum absolute atomic E-state index is 16.0. The van der Waals surface area contributed by atoms with Gasteiger partial charge in [-0.3, -0.25) is 14.3 Å². The summed E-state index contributed by atoms with van der Waals surface area (Å²) >= 11 is 0. The van der Waals surface area contributed by atoms with Gasteiger partial charge in [-0.05, 0) is 49.8 Å². The van der Waals surface area contributed by atoms with Crippen LogP contribution in [0.5, 0.6) is 0 Å². The van der Waals surface area contributed by atoms with Crippen molar-refractivity contribution in [3.63, 3.8) is 0 Å². The summed E-state index contributed by atoms with van der Waals surface area (Å²) in [6.45, 7) is 11.4. The Morgan fingerprint density at radius 2 is 1.64 bits per heavy atom. The Bertz CT molecular complexity index is 1840. The van der Waals surface area contributed by atoms with Gasteiger partial charge in [0.25, 0.3) is 5.91 Å². The van der Waals surface area contributed by atoms with Crippen molar-refractivity contribution in [3.8, 4) is 11.1 Å². The smallest absolute Gasteiger partial charge is 0.267 e. The van der Waals surface area contributed by atoms with E-state index in [-0.39, 0.29) is 53.9 Å². The quantitative estimate of drug-likeness (QED) is 0.0907. The molecule has 0 bridgehead atoms. The van der Waals surface area contributed by atoms with Gasteiger partial charge in [0.1, 0.15) is 28.1 Å². The highest BCUT2D eigenvalue weighted by atomic mass is 32.2. The monoisotopic (exact) mass is 771 g/mol. The summed E-state index contributed by atoms with van der Waals surface area (Å²) in [5, 5.41) is 11.9.